The van der Waals surface area contributed by atoms with Crippen LogP contribution in [0.15, 0.2) is 11.2 Å². The summed E-state index contributed by atoms with van der Waals surface area (Å²) in [6.45, 7) is 3.95. The third-order valence-corrected chi connectivity index (χ3v) is 1.85. The zero-order valence-electron chi connectivity index (χ0n) is 9.02. The summed E-state index contributed by atoms with van der Waals surface area (Å²) in [6, 6.07) is 0. The van der Waals surface area contributed by atoms with Gasteiger partial charge in [0.15, 0.2) is 5.82 Å². The van der Waals surface area contributed by atoms with Crippen LogP contribution in [0.1, 0.15) is 12.7 Å². The topological polar surface area (TPSA) is 68.5 Å². The molecule has 0 radical (unpaired) electrons. The first-order valence-corrected chi connectivity index (χ1v) is 4.59. The van der Waals surface area contributed by atoms with E-state index in [1.165, 1.54) is 6.34 Å². The summed E-state index contributed by atoms with van der Waals surface area (Å²) >= 11 is 0. The van der Waals surface area contributed by atoms with Crippen LogP contribution in [-0.2, 0) is 11.8 Å². The predicted octanol–water partition coefficient (Wildman–Crippen LogP) is 1.13. The Morgan fingerprint density at radius 2 is 2.53 bits per heavy atom. The lowest BCUT2D eigenvalue weighted by Gasteiger charge is -1.99. The van der Waals surface area contributed by atoms with Crippen LogP contribution in [0.25, 0.3) is 0 Å². The Kier molecular flexibility index (Phi) is 3.84. The van der Waals surface area contributed by atoms with E-state index in [1.54, 1.807) is 13.1 Å². The fourth-order valence-electron chi connectivity index (χ4n) is 0.934. The van der Waals surface area contributed by atoms with Crippen LogP contribution in [-0.4, -0.2) is 28.6 Å². The highest BCUT2D eigenvalue weighted by Gasteiger charge is 1.99. The Morgan fingerprint density at radius 1 is 1.80 bits per heavy atom. The molecule has 15 heavy (non-hydrogen) atoms. The van der Waals surface area contributed by atoms with Gasteiger partial charge in [0.25, 0.3) is 0 Å². The Bertz CT molecular complexity index is 370. The Morgan fingerprint density at radius 3 is 3.07 bits per heavy atom. The molecule has 6 nitrogen and oxygen atoms in total. The molecule has 1 heterocycles. The number of amides is 1. The van der Waals surface area contributed by atoms with Crippen LogP contribution in [0.3, 0.4) is 0 Å². The first-order chi connectivity index (χ1) is 7.15. The molecule has 0 aliphatic rings. The summed E-state index contributed by atoms with van der Waals surface area (Å²) in [5, 5.41) is 2.37. The molecule has 82 valence electrons. The summed E-state index contributed by atoms with van der Waals surface area (Å²) in [4.78, 5) is 18.9. The normalized spacial score (nSPS) is 10.6. The van der Waals surface area contributed by atoms with E-state index in [0.29, 0.717) is 12.4 Å². The van der Waals surface area contributed by atoms with Gasteiger partial charge in [0.1, 0.15) is 5.82 Å². The zero-order valence-corrected chi connectivity index (χ0v) is 9.02. The number of aliphatic imine (C=N–C) groups is 1. The van der Waals surface area contributed by atoms with Crippen LogP contribution in [0.4, 0.5) is 10.6 Å². The molecule has 0 saturated carbocycles. The average molecular weight is 210 g/mol. The summed E-state index contributed by atoms with van der Waals surface area (Å²) in [7, 11) is 1.85. The van der Waals surface area contributed by atoms with Crippen molar-refractivity contribution in [1.29, 1.82) is 0 Å². The van der Waals surface area contributed by atoms with Gasteiger partial charge in [-0.3, -0.25) is 5.32 Å². The minimum absolute atomic E-state index is 0.338. The molecule has 0 aromatic carbocycles. The lowest BCUT2D eigenvalue weighted by molar-refractivity contribution is 0.158. The highest BCUT2D eigenvalue weighted by Crippen LogP contribution is 2.10. The zero-order chi connectivity index (χ0) is 11.3. The maximum atomic E-state index is 10.9. The van der Waals surface area contributed by atoms with Gasteiger partial charge in [-0.25, -0.2) is 14.8 Å². The number of rotatable bonds is 3. The van der Waals surface area contributed by atoms with Gasteiger partial charge in [-0.2, -0.15) is 0 Å². The minimum Gasteiger partial charge on any atom is -0.450 e. The van der Waals surface area contributed by atoms with Crippen molar-refractivity contribution in [2.24, 2.45) is 12.0 Å². The lowest BCUT2D eigenvalue weighted by Crippen LogP contribution is -2.22. The molecule has 1 aromatic rings. The van der Waals surface area contributed by atoms with Crippen LogP contribution >= 0.6 is 0 Å². The quantitative estimate of drug-likeness (QED) is 0.600. The molecule has 1 rings (SSSR count). The fraction of sp³-hybridized carbons (Fsp3) is 0.444. The van der Waals surface area contributed by atoms with Crippen molar-refractivity contribution in [3.8, 4) is 0 Å². The molecule has 1 aromatic heterocycles. The molecular weight excluding hydrogens is 196 g/mol. The van der Waals surface area contributed by atoms with Gasteiger partial charge in [0, 0.05) is 7.05 Å². The smallest absolute Gasteiger partial charge is 0.412 e. The molecule has 0 atom stereocenters. The van der Waals surface area contributed by atoms with Crippen molar-refractivity contribution < 1.29 is 9.53 Å². The molecular formula is C9H14N4O2. The molecule has 0 aliphatic heterocycles. The van der Waals surface area contributed by atoms with E-state index >= 15 is 0 Å². The standard InChI is InChI=1S/C9H14N4O2/c1-4-15-9(14)12-6-11-8-5-10-7(2)13(8)3/h5-6H,4H2,1-3H3,(H,11,12,14). The Balaban J connectivity index is 2.51. The summed E-state index contributed by atoms with van der Waals surface area (Å²) in [5.41, 5.74) is 0. The predicted molar refractivity (Wildman–Crippen MR) is 56.3 cm³/mol. The molecule has 0 unspecified atom stereocenters. The number of nitrogens with zero attached hydrogens (tertiary/aromatic N) is 3. The highest BCUT2D eigenvalue weighted by atomic mass is 16.5. The summed E-state index contributed by atoms with van der Waals surface area (Å²) in [6.07, 6.45) is 2.40. The molecule has 0 spiro atoms. The molecule has 0 bridgehead atoms. The number of hydrogen-bond acceptors (Lipinski definition) is 4. The van der Waals surface area contributed by atoms with Crippen molar-refractivity contribution in [2.75, 3.05) is 6.61 Å². The molecule has 0 fully saturated rings. The van der Waals surface area contributed by atoms with Gasteiger partial charge in [-0.1, -0.05) is 0 Å². The van der Waals surface area contributed by atoms with Gasteiger partial charge in [-0.15, -0.1) is 0 Å². The van der Waals surface area contributed by atoms with E-state index in [-0.39, 0.29) is 0 Å². The molecule has 1 amide bonds. The van der Waals surface area contributed by atoms with E-state index in [9.17, 15) is 4.79 Å². The van der Waals surface area contributed by atoms with Crippen molar-refractivity contribution in [3.63, 3.8) is 0 Å². The minimum atomic E-state index is -0.514. The van der Waals surface area contributed by atoms with E-state index in [1.807, 2.05) is 18.5 Å². The van der Waals surface area contributed by atoms with E-state index in [4.69, 9.17) is 0 Å². The van der Waals surface area contributed by atoms with E-state index in [0.717, 1.165) is 5.82 Å². The number of ether oxygens (including phenoxy) is 1. The molecule has 0 saturated heterocycles. The van der Waals surface area contributed by atoms with Gasteiger partial charge in [0.2, 0.25) is 0 Å². The molecule has 1 N–H and O–H groups in total. The second kappa shape index (κ2) is 5.14. The van der Waals surface area contributed by atoms with Gasteiger partial charge < -0.3 is 9.30 Å². The van der Waals surface area contributed by atoms with Gasteiger partial charge >= 0.3 is 6.09 Å². The van der Waals surface area contributed by atoms with E-state index in [2.05, 4.69) is 20.0 Å². The third-order valence-electron chi connectivity index (χ3n) is 1.85. The summed E-state index contributed by atoms with van der Waals surface area (Å²) < 4.78 is 6.46. The maximum Gasteiger partial charge on any atom is 0.412 e. The van der Waals surface area contributed by atoms with E-state index < -0.39 is 6.09 Å². The molecule has 0 aliphatic carbocycles. The molecule has 6 heteroatoms. The monoisotopic (exact) mass is 210 g/mol. The second-order valence-corrected chi connectivity index (χ2v) is 2.85. The number of aryl methyl sites for hydroxylation is 1. The number of imidazole rings is 1. The third kappa shape index (κ3) is 3.08. The first-order valence-electron chi connectivity index (χ1n) is 4.59. The summed E-state index contributed by atoms with van der Waals surface area (Å²) in [5.74, 6) is 1.53. The van der Waals surface area contributed by atoms with Crippen molar-refractivity contribution in [3.05, 3.63) is 12.0 Å². The fourth-order valence-corrected chi connectivity index (χ4v) is 0.934. The number of nitrogens with one attached hydrogen (secondary N) is 1. The van der Waals surface area contributed by atoms with Crippen molar-refractivity contribution >= 4 is 18.2 Å². The Hall–Kier alpha value is -1.85. The maximum absolute atomic E-state index is 10.9. The second-order valence-electron chi connectivity index (χ2n) is 2.85. The van der Waals surface area contributed by atoms with Gasteiger partial charge in [-0.05, 0) is 13.8 Å². The Labute approximate surface area is 88.0 Å². The largest absolute Gasteiger partial charge is 0.450 e. The average Bonchev–Trinajstić information content (AvgIpc) is 2.50. The number of carbonyl (C=O) groups excluding carboxylic acids is 1. The number of carbonyl (C=O) groups is 1. The number of aromatic nitrogens is 2. The number of alkyl carbamates (subject to hydrolysis) is 1. The van der Waals surface area contributed by atoms with Crippen LogP contribution in [0.2, 0.25) is 0 Å². The highest BCUT2D eigenvalue weighted by molar-refractivity contribution is 5.82. The van der Waals surface area contributed by atoms with Crippen molar-refractivity contribution in [1.82, 2.24) is 14.9 Å². The van der Waals surface area contributed by atoms with Crippen LogP contribution < -0.4 is 5.32 Å². The van der Waals surface area contributed by atoms with Crippen LogP contribution in [0, 0.1) is 6.92 Å². The number of hydrogen-bond donors (Lipinski definition) is 1. The first kappa shape index (κ1) is 11.2. The van der Waals surface area contributed by atoms with Gasteiger partial charge in [0.05, 0.1) is 19.1 Å². The lowest BCUT2D eigenvalue weighted by atomic mass is 10.7. The SMILES string of the molecule is CCOC(=O)NC=Nc1cnc(C)n1C. The van der Waals surface area contributed by atoms with Crippen LogP contribution in [0.5, 0.6) is 0 Å². The van der Waals surface area contributed by atoms with Crippen molar-refractivity contribution in [2.45, 2.75) is 13.8 Å².